The minimum absolute atomic E-state index is 0.0378. The van der Waals surface area contributed by atoms with E-state index in [4.69, 9.17) is 14.5 Å². The minimum atomic E-state index is -0.0378. The first-order chi connectivity index (χ1) is 16.6. The lowest BCUT2D eigenvalue weighted by Crippen LogP contribution is -2.25. The Kier molecular flexibility index (Phi) is 7.81. The van der Waals surface area contributed by atoms with E-state index in [1.807, 2.05) is 73.7 Å². The average molecular weight is 458 g/mol. The van der Waals surface area contributed by atoms with Crippen LogP contribution >= 0.6 is 0 Å². The van der Waals surface area contributed by atoms with Crippen LogP contribution in [0.25, 0.3) is 11.0 Å². The normalized spacial score (nSPS) is 10.9. The van der Waals surface area contributed by atoms with Crippen molar-refractivity contribution in [3.05, 3.63) is 89.7 Å². The smallest absolute Gasteiger partial charge is 0.251 e. The molecule has 1 amide bonds. The van der Waals surface area contributed by atoms with Gasteiger partial charge in [-0.3, -0.25) is 4.79 Å². The van der Waals surface area contributed by atoms with Gasteiger partial charge in [-0.1, -0.05) is 29.8 Å². The van der Waals surface area contributed by atoms with Gasteiger partial charge in [0.1, 0.15) is 17.3 Å². The molecule has 0 unspecified atom stereocenters. The molecule has 0 fully saturated rings. The molecule has 0 aliphatic rings. The number of nitrogens with zero attached hydrogens (tertiary/aromatic N) is 2. The van der Waals surface area contributed by atoms with E-state index in [2.05, 4.69) is 16.0 Å². The molecule has 1 heterocycles. The third kappa shape index (κ3) is 5.95. The number of benzene rings is 3. The molecule has 0 bridgehead atoms. The molecule has 176 valence electrons. The van der Waals surface area contributed by atoms with Gasteiger partial charge in [-0.25, -0.2) is 4.98 Å². The van der Waals surface area contributed by atoms with Gasteiger partial charge < -0.3 is 19.4 Å². The third-order valence-corrected chi connectivity index (χ3v) is 5.76. The molecule has 0 saturated heterocycles. The molecule has 1 N–H and O–H groups in total. The Morgan fingerprint density at radius 1 is 0.941 bits per heavy atom. The molecule has 6 heteroatoms. The van der Waals surface area contributed by atoms with Crippen LogP contribution in [0, 0.1) is 6.92 Å². The second-order valence-corrected chi connectivity index (χ2v) is 8.27. The SMILES string of the molecule is COc1ccc(OCCCn2c(CCCNC(=O)c3ccc(C)cc3)nc3ccccc32)cc1. The molecular weight excluding hydrogens is 426 g/mol. The highest BCUT2D eigenvalue weighted by Crippen LogP contribution is 2.19. The first-order valence-electron chi connectivity index (χ1n) is 11.7. The number of hydrogen-bond acceptors (Lipinski definition) is 4. The number of ether oxygens (including phenoxy) is 2. The number of aryl methyl sites for hydroxylation is 3. The van der Waals surface area contributed by atoms with Crippen LogP contribution in [0.1, 0.15) is 34.6 Å². The fourth-order valence-corrected chi connectivity index (χ4v) is 3.91. The quantitative estimate of drug-likeness (QED) is 0.315. The first kappa shape index (κ1) is 23.4. The van der Waals surface area contributed by atoms with Gasteiger partial charge in [0.25, 0.3) is 5.91 Å². The Balaban J connectivity index is 1.31. The Morgan fingerprint density at radius 2 is 1.68 bits per heavy atom. The largest absolute Gasteiger partial charge is 0.497 e. The summed E-state index contributed by atoms with van der Waals surface area (Å²) in [6, 6.07) is 23.5. The van der Waals surface area contributed by atoms with E-state index >= 15 is 0 Å². The minimum Gasteiger partial charge on any atom is -0.497 e. The number of carbonyl (C=O) groups is 1. The van der Waals surface area contributed by atoms with Crippen LogP contribution in [-0.2, 0) is 13.0 Å². The number of nitrogens with one attached hydrogen (secondary N) is 1. The van der Waals surface area contributed by atoms with E-state index in [9.17, 15) is 4.79 Å². The van der Waals surface area contributed by atoms with E-state index < -0.39 is 0 Å². The summed E-state index contributed by atoms with van der Waals surface area (Å²) in [6.07, 6.45) is 2.48. The number of rotatable bonds is 11. The van der Waals surface area contributed by atoms with E-state index in [-0.39, 0.29) is 5.91 Å². The Morgan fingerprint density at radius 3 is 2.44 bits per heavy atom. The molecule has 0 spiro atoms. The summed E-state index contributed by atoms with van der Waals surface area (Å²) in [4.78, 5) is 17.2. The molecule has 6 nitrogen and oxygen atoms in total. The number of imidazole rings is 1. The van der Waals surface area contributed by atoms with Crippen LogP contribution in [0.2, 0.25) is 0 Å². The standard InChI is InChI=1S/C28H31N3O3/c1-21-10-12-22(13-11-21)28(32)29-18-5-9-27-30-25-7-3-4-8-26(25)31(27)19-6-20-34-24-16-14-23(33-2)15-17-24/h3-4,7-8,10-17H,5-6,9,18-20H2,1-2H3,(H,29,32). The summed E-state index contributed by atoms with van der Waals surface area (Å²) in [7, 11) is 1.65. The van der Waals surface area contributed by atoms with Crippen LogP contribution in [0.4, 0.5) is 0 Å². The zero-order valence-electron chi connectivity index (χ0n) is 19.8. The highest BCUT2D eigenvalue weighted by Gasteiger charge is 2.11. The topological polar surface area (TPSA) is 65.4 Å². The van der Waals surface area contributed by atoms with E-state index in [0.29, 0.717) is 18.7 Å². The van der Waals surface area contributed by atoms with Crippen molar-refractivity contribution in [1.29, 1.82) is 0 Å². The van der Waals surface area contributed by atoms with Crippen LogP contribution in [0.3, 0.4) is 0 Å². The molecule has 0 aliphatic heterocycles. The van der Waals surface area contributed by atoms with Crippen molar-refractivity contribution >= 4 is 16.9 Å². The highest BCUT2D eigenvalue weighted by atomic mass is 16.5. The number of amides is 1. The number of aromatic nitrogens is 2. The van der Waals surface area contributed by atoms with Crippen LogP contribution in [0.15, 0.2) is 72.8 Å². The molecule has 34 heavy (non-hydrogen) atoms. The van der Waals surface area contributed by atoms with Crippen molar-refractivity contribution in [2.45, 2.75) is 32.7 Å². The highest BCUT2D eigenvalue weighted by molar-refractivity contribution is 5.94. The molecule has 0 aliphatic carbocycles. The summed E-state index contributed by atoms with van der Waals surface area (Å²) in [5.41, 5.74) is 3.96. The van der Waals surface area contributed by atoms with Crippen molar-refractivity contribution in [3.8, 4) is 11.5 Å². The Hall–Kier alpha value is -3.80. The first-order valence-corrected chi connectivity index (χ1v) is 11.7. The summed E-state index contributed by atoms with van der Waals surface area (Å²) >= 11 is 0. The fourth-order valence-electron chi connectivity index (χ4n) is 3.91. The predicted octanol–water partition coefficient (Wildman–Crippen LogP) is 5.19. The van der Waals surface area contributed by atoms with E-state index in [1.54, 1.807) is 7.11 Å². The molecule has 4 rings (SSSR count). The summed E-state index contributed by atoms with van der Waals surface area (Å²) in [5, 5.41) is 3.02. The second-order valence-electron chi connectivity index (χ2n) is 8.27. The number of carbonyl (C=O) groups excluding carboxylic acids is 1. The number of hydrogen-bond donors (Lipinski definition) is 1. The van der Waals surface area contributed by atoms with Crippen molar-refractivity contribution < 1.29 is 14.3 Å². The number of methoxy groups -OCH3 is 1. The van der Waals surface area contributed by atoms with Crippen molar-refractivity contribution in [2.75, 3.05) is 20.3 Å². The van der Waals surface area contributed by atoms with Gasteiger partial charge >= 0.3 is 0 Å². The van der Waals surface area contributed by atoms with E-state index in [0.717, 1.165) is 59.7 Å². The Bertz CT molecular complexity index is 1210. The van der Waals surface area contributed by atoms with Gasteiger partial charge in [-0.15, -0.1) is 0 Å². The average Bonchev–Trinajstić information content (AvgIpc) is 3.22. The van der Waals surface area contributed by atoms with Crippen molar-refractivity contribution in [1.82, 2.24) is 14.9 Å². The van der Waals surface area contributed by atoms with Crippen LogP contribution < -0.4 is 14.8 Å². The maximum Gasteiger partial charge on any atom is 0.251 e. The number of fused-ring (bicyclic) bond motifs is 1. The zero-order valence-corrected chi connectivity index (χ0v) is 19.8. The monoisotopic (exact) mass is 457 g/mol. The maximum absolute atomic E-state index is 12.3. The van der Waals surface area contributed by atoms with Crippen molar-refractivity contribution in [3.63, 3.8) is 0 Å². The Labute approximate surface area is 200 Å². The lowest BCUT2D eigenvalue weighted by Gasteiger charge is -2.11. The number of para-hydroxylation sites is 2. The van der Waals surface area contributed by atoms with Gasteiger partial charge in [0.15, 0.2) is 0 Å². The molecule has 3 aromatic carbocycles. The van der Waals surface area contributed by atoms with Crippen molar-refractivity contribution in [2.24, 2.45) is 0 Å². The fraction of sp³-hybridized carbons (Fsp3) is 0.286. The second kappa shape index (κ2) is 11.4. The molecule has 0 atom stereocenters. The van der Waals surface area contributed by atoms with Crippen LogP contribution in [-0.4, -0.2) is 35.7 Å². The lowest BCUT2D eigenvalue weighted by molar-refractivity contribution is 0.0953. The van der Waals surface area contributed by atoms with Gasteiger partial charge in [-0.05, 0) is 68.3 Å². The van der Waals surface area contributed by atoms with Gasteiger partial charge in [-0.2, -0.15) is 0 Å². The molecule has 4 aromatic rings. The summed E-state index contributed by atoms with van der Waals surface area (Å²) < 4.78 is 13.4. The molecule has 1 aromatic heterocycles. The molecular formula is C28H31N3O3. The van der Waals surface area contributed by atoms with E-state index in [1.165, 1.54) is 0 Å². The van der Waals surface area contributed by atoms with Crippen LogP contribution in [0.5, 0.6) is 11.5 Å². The maximum atomic E-state index is 12.3. The van der Waals surface area contributed by atoms with Gasteiger partial charge in [0, 0.05) is 25.1 Å². The summed E-state index contributed by atoms with van der Waals surface area (Å²) in [5.74, 6) is 2.65. The van der Waals surface area contributed by atoms with Gasteiger partial charge in [0.05, 0.1) is 24.8 Å². The third-order valence-electron chi connectivity index (χ3n) is 5.76. The molecule has 0 saturated carbocycles. The predicted molar refractivity (Wildman–Crippen MR) is 135 cm³/mol. The lowest BCUT2D eigenvalue weighted by atomic mass is 10.1. The zero-order chi connectivity index (χ0) is 23.8. The molecule has 0 radical (unpaired) electrons. The summed E-state index contributed by atoms with van der Waals surface area (Å²) in [6.45, 7) is 4.06. The van der Waals surface area contributed by atoms with Gasteiger partial charge in [0.2, 0.25) is 0 Å².